The summed E-state index contributed by atoms with van der Waals surface area (Å²) in [6.45, 7) is 1.83. The lowest BCUT2D eigenvalue weighted by Crippen LogP contribution is -2.36. The Morgan fingerprint density at radius 3 is 2.80 bits per heavy atom. The number of para-hydroxylation sites is 1. The van der Waals surface area contributed by atoms with Gasteiger partial charge in [0, 0.05) is 12.1 Å². The Hall–Kier alpha value is -2.61. The molecule has 0 N–H and O–H groups in total. The molecule has 0 amide bonds. The Kier molecular flexibility index (Phi) is 3.21. The van der Waals surface area contributed by atoms with E-state index in [-0.39, 0.29) is 5.69 Å². The quantitative estimate of drug-likeness (QED) is 0.528. The van der Waals surface area contributed by atoms with Crippen molar-refractivity contribution >= 4 is 22.7 Å². The molecule has 2 aromatic heterocycles. The molecule has 0 spiro atoms. The Morgan fingerprint density at radius 2 is 2.10 bits per heavy atom. The third kappa shape index (κ3) is 2.41. The maximum atomic E-state index is 11.7. The van der Waals surface area contributed by atoms with Crippen LogP contribution in [-0.2, 0) is 0 Å². The van der Waals surface area contributed by atoms with Crippen LogP contribution >= 0.6 is 11.3 Å². The van der Waals surface area contributed by atoms with Gasteiger partial charge < -0.3 is 9.63 Å². The first-order chi connectivity index (χ1) is 9.74. The summed E-state index contributed by atoms with van der Waals surface area (Å²) in [5, 5.41) is 24.4. The fraction of sp³-hybridized carbons (Fsp3) is 0.0833. The average Bonchev–Trinajstić information content (AvgIpc) is 3.04. The van der Waals surface area contributed by atoms with E-state index in [0.29, 0.717) is 10.8 Å². The Morgan fingerprint density at radius 1 is 1.30 bits per heavy atom. The highest BCUT2D eigenvalue weighted by molar-refractivity contribution is 7.14. The standard InChI is InChI=1S/C12H9N5O2S/c1-8-14-15-12(20-8)13-7-10-11(18)19-16-17(10)9-5-3-2-4-6-9/h2-7H,1H3. The lowest BCUT2D eigenvalue weighted by atomic mass is 10.3. The molecule has 3 aromatic rings. The van der Waals surface area contributed by atoms with Crippen molar-refractivity contribution in [2.75, 3.05) is 0 Å². The average molecular weight is 287 g/mol. The highest BCUT2D eigenvalue weighted by atomic mass is 32.1. The molecule has 0 radical (unpaired) electrons. The molecule has 20 heavy (non-hydrogen) atoms. The molecule has 7 nitrogen and oxygen atoms in total. The lowest BCUT2D eigenvalue weighted by molar-refractivity contribution is -0.671. The van der Waals surface area contributed by atoms with Gasteiger partial charge in [0.05, 0.1) is 5.27 Å². The number of aryl methyl sites for hydroxylation is 1. The van der Waals surface area contributed by atoms with Gasteiger partial charge in [-0.1, -0.05) is 29.5 Å². The molecular formula is C12H9N5O2S. The summed E-state index contributed by atoms with van der Waals surface area (Å²) in [5.74, 6) is -0.557. The van der Waals surface area contributed by atoms with E-state index >= 15 is 0 Å². The van der Waals surface area contributed by atoms with Gasteiger partial charge >= 0.3 is 0 Å². The van der Waals surface area contributed by atoms with E-state index in [9.17, 15) is 5.11 Å². The van der Waals surface area contributed by atoms with Gasteiger partial charge in [-0.05, 0) is 11.6 Å². The van der Waals surface area contributed by atoms with Gasteiger partial charge in [-0.3, -0.25) is 0 Å². The predicted molar refractivity (Wildman–Crippen MR) is 69.4 cm³/mol. The van der Waals surface area contributed by atoms with Gasteiger partial charge in [-0.2, -0.15) is 0 Å². The predicted octanol–water partition coefficient (Wildman–Crippen LogP) is 0.935. The summed E-state index contributed by atoms with van der Waals surface area (Å²) in [6, 6.07) is 9.19. The van der Waals surface area contributed by atoms with Crippen molar-refractivity contribution in [3.63, 3.8) is 0 Å². The van der Waals surface area contributed by atoms with E-state index in [0.717, 1.165) is 5.01 Å². The zero-order valence-corrected chi connectivity index (χ0v) is 11.2. The summed E-state index contributed by atoms with van der Waals surface area (Å²) >= 11 is 1.33. The molecule has 0 fully saturated rings. The third-order valence-corrected chi connectivity index (χ3v) is 3.20. The van der Waals surface area contributed by atoms with Crippen LogP contribution in [0.2, 0.25) is 0 Å². The van der Waals surface area contributed by atoms with E-state index in [1.165, 1.54) is 22.2 Å². The van der Waals surface area contributed by atoms with Gasteiger partial charge in [0.1, 0.15) is 11.2 Å². The summed E-state index contributed by atoms with van der Waals surface area (Å²) < 4.78 is 6.07. The topological polar surface area (TPSA) is 91.1 Å². The van der Waals surface area contributed by atoms with Crippen molar-refractivity contribution in [3.8, 4) is 11.6 Å². The lowest BCUT2D eigenvalue weighted by Gasteiger charge is -1.91. The van der Waals surface area contributed by atoms with Crippen molar-refractivity contribution in [2.45, 2.75) is 6.92 Å². The maximum Gasteiger partial charge on any atom is 0.281 e. The van der Waals surface area contributed by atoms with E-state index in [1.807, 2.05) is 37.3 Å². The number of aromatic nitrogens is 4. The Labute approximate surface area is 117 Å². The molecule has 8 heteroatoms. The number of rotatable bonds is 3. The molecule has 1 aromatic carbocycles. The zero-order chi connectivity index (χ0) is 13.9. The molecule has 100 valence electrons. The van der Waals surface area contributed by atoms with Crippen LogP contribution in [0.3, 0.4) is 0 Å². The van der Waals surface area contributed by atoms with E-state index < -0.39 is 5.95 Å². The van der Waals surface area contributed by atoms with Crippen LogP contribution in [-0.4, -0.2) is 21.7 Å². The molecule has 0 aliphatic carbocycles. The van der Waals surface area contributed by atoms with Crippen molar-refractivity contribution in [2.24, 2.45) is 4.99 Å². The molecule has 2 heterocycles. The minimum Gasteiger partial charge on any atom is -0.539 e. The molecule has 0 bridgehead atoms. The second kappa shape index (κ2) is 5.17. The molecule has 0 unspecified atom stereocenters. The SMILES string of the molecule is Cc1nnc(N=Cc2c([O-])on[n+]2-c2ccccc2)s1. The van der Waals surface area contributed by atoms with Crippen LogP contribution < -0.4 is 9.79 Å². The van der Waals surface area contributed by atoms with Crippen LogP contribution in [0.15, 0.2) is 39.8 Å². The summed E-state index contributed by atoms with van der Waals surface area (Å²) in [5.41, 5.74) is 0.942. The molecule has 0 saturated heterocycles. The van der Waals surface area contributed by atoms with Crippen molar-refractivity contribution in [1.82, 2.24) is 15.5 Å². The van der Waals surface area contributed by atoms with Gasteiger partial charge in [0.25, 0.3) is 5.69 Å². The number of aliphatic imine (C=N–C) groups is 1. The van der Waals surface area contributed by atoms with Crippen molar-refractivity contribution in [1.29, 1.82) is 0 Å². The highest BCUT2D eigenvalue weighted by Gasteiger charge is 2.18. The Balaban J connectivity index is 1.98. The van der Waals surface area contributed by atoms with Crippen LogP contribution in [0.1, 0.15) is 10.7 Å². The van der Waals surface area contributed by atoms with Gasteiger partial charge in [0.2, 0.25) is 10.8 Å². The largest absolute Gasteiger partial charge is 0.539 e. The third-order valence-electron chi connectivity index (χ3n) is 2.46. The minimum atomic E-state index is -0.557. The zero-order valence-electron chi connectivity index (χ0n) is 10.4. The number of benzene rings is 1. The first kappa shape index (κ1) is 12.4. The first-order valence-electron chi connectivity index (χ1n) is 5.72. The number of nitrogens with zero attached hydrogens (tertiary/aromatic N) is 5. The molecular weight excluding hydrogens is 278 g/mol. The highest BCUT2D eigenvalue weighted by Crippen LogP contribution is 2.17. The summed E-state index contributed by atoms with van der Waals surface area (Å²) in [6.07, 6.45) is 1.38. The maximum absolute atomic E-state index is 11.7. The van der Waals surface area contributed by atoms with Gasteiger partial charge in [-0.15, -0.1) is 10.2 Å². The van der Waals surface area contributed by atoms with Crippen LogP contribution in [0, 0.1) is 6.92 Å². The van der Waals surface area contributed by atoms with Crippen molar-refractivity contribution < 1.29 is 14.3 Å². The molecule has 0 saturated carbocycles. The van der Waals surface area contributed by atoms with E-state index in [4.69, 9.17) is 0 Å². The van der Waals surface area contributed by atoms with E-state index in [2.05, 4.69) is 25.0 Å². The smallest absolute Gasteiger partial charge is 0.281 e. The molecule has 0 aliphatic rings. The summed E-state index contributed by atoms with van der Waals surface area (Å²) in [7, 11) is 0. The van der Waals surface area contributed by atoms with Crippen LogP contribution in [0.5, 0.6) is 5.95 Å². The minimum absolute atomic E-state index is 0.226. The summed E-state index contributed by atoms with van der Waals surface area (Å²) in [4.78, 5) is 4.12. The van der Waals surface area contributed by atoms with Gasteiger partial charge in [-0.25, -0.2) is 4.99 Å². The molecule has 3 rings (SSSR count). The van der Waals surface area contributed by atoms with E-state index in [1.54, 1.807) is 0 Å². The second-order valence-electron chi connectivity index (χ2n) is 3.85. The van der Waals surface area contributed by atoms with Crippen LogP contribution in [0.4, 0.5) is 5.13 Å². The monoisotopic (exact) mass is 287 g/mol. The van der Waals surface area contributed by atoms with Crippen LogP contribution in [0.25, 0.3) is 5.69 Å². The fourth-order valence-corrected chi connectivity index (χ4v) is 2.11. The number of hydrogen-bond donors (Lipinski definition) is 0. The molecule has 0 atom stereocenters. The van der Waals surface area contributed by atoms with Gasteiger partial charge in [0.15, 0.2) is 5.95 Å². The normalized spacial score (nSPS) is 11.2. The first-order valence-corrected chi connectivity index (χ1v) is 6.54. The van der Waals surface area contributed by atoms with Crippen molar-refractivity contribution in [3.05, 3.63) is 41.0 Å². The fourth-order valence-electron chi connectivity index (χ4n) is 1.57. The molecule has 0 aliphatic heterocycles. The second-order valence-corrected chi connectivity index (χ2v) is 5.01. The Bertz CT molecular complexity index is 750. The number of hydrogen-bond acceptors (Lipinski definition) is 7.